The average molecular weight is 396 g/mol. The molecule has 2 heterocycles. The lowest BCUT2D eigenvalue weighted by atomic mass is 9.82. The number of H-pyrrole nitrogens is 1. The summed E-state index contributed by atoms with van der Waals surface area (Å²) in [6.07, 6.45) is 0.937. The van der Waals surface area contributed by atoms with E-state index >= 15 is 0 Å². The third-order valence-electron chi connectivity index (χ3n) is 4.79. The van der Waals surface area contributed by atoms with Crippen LogP contribution in [0.15, 0.2) is 35.1 Å². The second kappa shape index (κ2) is 7.01. The summed E-state index contributed by atoms with van der Waals surface area (Å²) in [6.45, 7) is 17.5. The van der Waals surface area contributed by atoms with Gasteiger partial charge in [-0.3, -0.25) is 9.89 Å². The van der Waals surface area contributed by atoms with Gasteiger partial charge in [0.1, 0.15) is 0 Å². The third kappa shape index (κ3) is 5.05. The van der Waals surface area contributed by atoms with Crippen LogP contribution in [0.5, 0.6) is 0 Å². The first-order valence-electron chi connectivity index (χ1n) is 10.1. The van der Waals surface area contributed by atoms with E-state index in [1.165, 1.54) is 11.6 Å². The Hall–Kier alpha value is -2.63. The van der Waals surface area contributed by atoms with E-state index < -0.39 is 0 Å². The molecule has 0 aliphatic rings. The molecule has 29 heavy (non-hydrogen) atoms. The van der Waals surface area contributed by atoms with Crippen molar-refractivity contribution in [2.75, 3.05) is 5.32 Å². The second-order valence-corrected chi connectivity index (χ2v) is 10.8. The fourth-order valence-corrected chi connectivity index (χ4v) is 3.91. The molecule has 2 N–H and O–H groups in total. The molecule has 0 aliphatic heterocycles. The van der Waals surface area contributed by atoms with Crippen LogP contribution in [0.2, 0.25) is 0 Å². The van der Waals surface area contributed by atoms with Gasteiger partial charge in [0.15, 0.2) is 11.5 Å². The number of aromatic amines is 1. The number of benzene rings is 1. The van der Waals surface area contributed by atoms with Gasteiger partial charge in [-0.15, -0.1) is 0 Å². The number of nitrogens with one attached hydrogen (secondary N) is 2. The van der Waals surface area contributed by atoms with Crippen molar-refractivity contribution in [2.24, 2.45) is 5.41 Å². The molecule has 0 saturated heterocycles. The molecule has 1 aromatic carbocycles. The van der Waals surface area contributed by atoms with Crippen molar-refractivity contribution in [1.29, 1.82) is 0 Å². The number of nitrogens with zero attached hydrogens (tertiary/aromatic N) is 3. The fourth-order valence-electron chi connectivity index (χ4n) is 3.91. The molecule has 0 bridgehead atoms. The van der Waals surface area contributed by atoms with Gasteiger partial charge in [-0.25, -0.2) is 9.50 Å². The van der Waals surface area contributed by atoms with Gasteiger partial charge >= 0.3 is 0 Å². The van der Waals surface area contributed by atoms with Crippen LogP contribution in [0, 0.1) is 5.41 Å². The van der Waals surface area contributed by atoms with Gasteiger partial charge in [-0.2, -0.15) is 4.98 Å². The van der Waals surface area contributed by atoms with Crippen molar-refractivity contribution in [3.63, 3.8) is 0 Å². The first kappa shape index (κ1) is 21.1. The monoisotopic (exact) mass is 395 g/mol. The predicted molar refractivity (Wildman–Crippen MR) is 120 cm³/mol. The average Bonchev–Trinajstić information content (AvgIpc) is 2.92. The summed E-state index contributed by atoms with van der Waals surface area (Å²) in [7, 11) is 0. The van der Waals surface area contributed by atoms with Crippen molar-refractivity contribution < 1.29 is 0 Å². The summed E-state index contributed by atoms with van der Waals surface area (Å²) in [5, 5.41) is 6.31. The highest BCUT2D eigenvalue weighted by atomic mass is 16.1. The van der Waals surface area contributed by atoms with E-state index in [9.17, 15) is 4.79 Å². The zero-order valence-electron chi connectivity index (χ0n) is 18.8. The SMILES string of the molecule is CC(C)(C)CC(C)(C)Nc1nc(-c2ccc(C(C)(C)C)cc2)nc2cc(=O)[nH]n12. The first-order valence-corrected chi connectivity index (χ1v) is 10.1. The maximum atomic E-state index is 12.0. The van der Waals surface area contributed by atoms with Crippen LogP contribution in [0.3, 0.4) is 0 Å². The van der Waals surface area contributed by atoms with E-state index in [1.54, 1.807) is 4.52 Å². The molecule has 0 amide bonds. The molecule has 0 spiro atoms. The van der Waals surface area contributed by atoms with E-state index in [1.807, 2.05) is 12.1 Å². The quantitative estimate of drug-likeness (QED) is 0.651. The molecule has 0 atom stereocenters. The van der Waals surface area contributed by atoms with Gasteiger partial charge in [-0.1, -0.05) is 65.8 Å². The van der Waals surface area contributed by atoms with E-state index in [4.69, 9.17) is 4.98 Å². The number of fused-ring (bicyclic) bond motifs is 1. The van der Waals surface area contributed by atoms with Crippen LogP contribution in [0.1, 0.15) is 67.4 Å². The summed E-state index contributed by atoms with van der Waals surface area (Å²) in [6, 6.07) is 9.81. The molecular weight excluding hydrogens is 362 g/mol. The lowest BCUT2D eigenvalue weighted by molar-refractivity contribution is 0.301. The van der Waals surface area contributed by atoms with Crippen LogP contribution in [-0.2, 0) is 5.41 Å². The van der Waals surface area contributed by atoms with Crippen LogP contribution in [0.25, 0.3) is 17.0 Å². The Bertz CT molecular complexity index is 1060. The lowest BCUT2D eigenvalue weighted by Crippen LogP contribution is -2.36. The highest BCUT2D eigenvalue weighted by molar-refractivity contribution is 5.61. The van der Waals surface area contributed by atoms with E-state index in [-0.39, 0.29) is 21.9 Å². The largest absolute Gasteiger partial charge is 0.349 e. The van der Waals surface area contributed by atoms with Crippen molar-refractivity contribution in [2.45, 2.75) is 72.8 Å². The Morgan fingerprint density at radius 1 is 0.966 bits per heavy atom. The van der Waals surface area contributed by atoms with E-state index in [0.29, 0.717) is 17.4 Å². The van der Waals surface area contributed by atoms with Crippen molar-refractivity contribution in [3.8, 4) is 11.4 Å². The molecule has 0 radical (unpaired) electrons. The van der Waals surface area contributed by atoms with Gasteiger partial charge in [0.25, 0.3) is 5.56 Å². The number of hydrogen-bond donors (Lipinski definition) is 2. The van der Waals surface area contributed by atoms with E-state index in [0.717, 1.165) is 12.0 Å². The zero-order chi connectivity index (χ0) is 21.6. The summed E-state index contributed by atoms with van der Waals surface area (Å²) >= 11 is 0. The predicted octanol–water partition coefficient (Wildman–Crippen LogP) is 5.01. The zero-order valence-corrected chi connectivity index (χ0v) is 18.8. The van der Waals surface area contributed by atoms with Gasteiger partial charge in [0.05, 0.1) is 0 Å². The molecule has 156 valence electrons. The highest BCUT2D eigenvalue weighted by Crippen LogP contribution is 2.30. The van der Waals surface area contributed by atoms with E-state index in [2.05, 4.69) is 82.9 Å². The Balaban J connectivity index is 2.05. The van der Waals surface area contributed by atoms with Crippen molar-refractivity contribution in [1.82, 2.24) is 19.6 Å². The normalized spacial score (nSPS) is 13.1. The number of rotatable bonds is 4. The minimum Gasteiger partial charge on any atom is -0.349 e. The summed E-state index contributed by atoms with van der Waals surface area (Å²) in [5.41, 5.74) is 2.55. The summed E-state index contributed by atoms with van der Waals surface area (Å²) < 4.78 is 1.62. The molecule has 3 rings (SSSR count). The Labute approximate surface area is 172 Å². The molecule has 0 saturated carbocycles. The molecule has 0 unspecified atom stereocenters. The molecule has 2 aromatic heterocycles. The molecule has 3 aromatic rings. The van der Waals surface area contributed by atoms with Crippen molar-refractivity contribution in [3.05, 3.63) is 46.2 Å². The maximum Gasteiger partial charge on any atom is 0.266 e. The Morgan fingerprint density at radius 2 is 1.59 bits per heavy atom. The van der Waals surface area contributed by atoms with Gasteiger partial charge in [0, 0.05) is 17.2 Å². The lowest BCUT2D eigenvalue weighted by Gasteiger charge is -2.33. The van der Waals surface area contributed by atoms with Gasteiger partial charge < -0.3 is 5.32 Å². The minimum absolute atomic E-state index is 0.0843. The number of anilines is 1. The van der Waals surface area contributed by atoms with Crippen LogP contribution >= 0.6 is 0 Å². The van der Waals surface area contributed by atoms with Gasteiger partial charge in [0.2, 0.25) is 5.95 Å². The van der Waals surface area contributed by atoms with Gasteiger partial charge in [-0.05, 0) is 36.7 Å². The molecule has 0 aliphatic carbocycles. The maximum absolute atomic E-state index is 12.0. The summed E-state index contributed by atoms with van der Waals surface area (Å²) in [5.74, 6) is 1.18. The molecule has 6 nitrogen and oxygen atoms in total. The topological polar surface area (TPSA) is 75.1 Å². The third-order valence-corrected chi connectivity index (χ3v) is 4.79. The molecular formula is C23H33N5O. The standard InChI is InChI=1S/C23H33N5O/c1-21(2,3)14-23(7,8)26-20-25-19(24-17-13-18(29)27-28(17)20)15-9-11-16(12-10-15)22(4,5)6/h9-13H,14H2,1-8H3,(H,27,29)(H,24,25,26). The van der Waals surface area contributed by atoms with Crippen LogP contribution in [0.4, 0.5) is 5.95 Å². The van der Waals surface area contributed by atoms with Crippen molar-refractivity contribution >= 4 is 11.6 Å². The smallest absolute Gasteiger partial charge is 0.266 e. The highest BCUT2D eigenvalue weighted by Gasteiger charge is 2.27. The fraction of sp³-hybridized carbons (Fsp3) is 0.522. The first-order chi connectivity index (χ1) is 13.2. The van der Waals surface area contributed by atoms with Crippen LogP contribution in [-0.4, -0.2) is 25.1 Å². The second-order valence-electron chi connectivity index (χ2n) is 10.8. The Kier molecular flexibility index (Phi) is 5.10. The minimum atomic E-state index is -0.214. The number of aromatic nitrogens is 4. The molecule has 0 fully saturated rings. The van der Waals surface area contributed by atoms with Crippen LogP contribution < -0.4 is 10.9 Å². The Morgan fingerprint density at radius 3 is 2.14 bits per heavy atom. The number of hydrogen-bond acceptors (Lipinski definition) is 4. The molecule has 6 heteroatoms. The summed E-state index contributed by atoms with van der Waals surface area (Å²) in [4.78, 5) is 21.3.